The summed E-state index contributed by atoms with van der Waals surface area (Å²) in [7, 11) is 0. The van der Waals surface area contributed by atoms with Crippen LogP contribution in [0.5, 0.6) is 5.75 Å². The van der Waals surface area contributed by atoms with E-state index < -0.39 is 0 Å². The molecule has 0 amide bonds. The van der Waals surface area contributed by atoms with Gasteiger partial charge in [0.05, 0.1) is 22.2 Å². The third-order valence-corrected chi connectivity index (χ3v) is 8.95. The summed E-state index contributed by atoms with van der Waals surface area (Å²) in [6.07, 6.45) is 4.56. The van der Waals surface area contributed by atoms with Gasteiger partial charge in [0.25, 0.3) is 0 Å². The van der Waals surface area contributed by atoms with Crippen molar-refractivity contribution in [2.75, 3.05) is 19.7 Å². The number of likely N-dealkylation sites (tertiary alicyclic amines) is 1. The van der Waals surface area contributed by atoms with Gasteiger partial charge in [-0.05, 0) is 80.2 Å². The van der Waals surface area contributed by atoms with E-state index in [0.717, 1.165) is 48.1 Å². The number of benzene rings is 2. The van der Waals surface area contributed by atoms with Crippen molar-refractivity contribution in [2.24, 2.45) is 0 Å². The average molecular weight is 594 g/mol. The number of aromatic hydroxyl groups is 1. The molecule has 2 fully saturated rings. The molecule has 1 N–H and O–H groups in total. The highest BCUT2D eigenvalue weighted by Crippen LogP contribution is 2.47. The Kier molecular flexibility index (Phi) is 8.97. The molecule has 194 valence electrons. The van der Waals surface area contributed by atoms with Crippen LogP contribution in [0, 0.1) is 0 Å². The number of hydrogen-bond donors (Lipinski definition) is 1. The summed E-state index contributed by atoms with van der Waals surface area (Å²) in [6.45, 7) is 7.06. The van der Waals surface area contributed by atoms with Crippen LogP contribution in [0.15, 0.2) is 40.9 Å². The minimum Gasteiger partial charge on any atom is -0.506 e. The molecule has 1 aliphatic heterocycles. The van der Waals surface area contributed by atoms with Gasteiger partial charge < -0.3 is 14.4 Å². The van der Waals surface area contributed by atoms with Gasteiger partial charge in [0.15, 0.2) is 0 Å². The highest BCUT2D eigenvalue weighted by Gasteiger charge is 2.35. The molecule has 2 aromatic carbocycles. The standard InChI is InChI=1S/C28H33BrN2O3S.ClH/c1-3-34-28(33)26-24(17-35-18(2)19-9-5-4-6-10-19)31(20-11-12-20)23-15-22(29)27(32)21(25(23)26)16-30-13-7-8-14-30;/h4-6,9-10,15,18,20,32H,3,7-8,11-14,16-17H2,1-2H3;1H. The van der Waals surface area contributed by atoms with Crippen molar-refractivity contribution < 1.29 is 14.6 Å². The Labute approximate surface area is 232 Å². The van der Waals surface area contributed by atoms with E-state index in [-0.39, 0.29) is 24.1 Å². The number of nitrogens with zero attached hydrogens (tertiary/aromatic N) is 2. The number of phenolic OH excluding ortho intramolecular Hbond substituents is 1. The summed E-state index contributed by atoms with van der Waals surface area (Å²) in [5.41, 5.74) is 4.80. The minimum atomic E-state index is -0.288. The number of carbonyl (C=O) groups excluding carboxylic acids is 1. The van der Waals surface area contributed by atoms with E-state index in [1.807, 2.05) is 30.8 Å². The van der Waals surface area contributed by atoms with Gasteiger partial charge in [-0.3, -0.25) is 4.90 Å². The van der Waals surface area contributed by atoms with E-state index in [1.165, 1.54) is 18.4 Å². The lowest BCUT2D eigenvalue weighted by molar-refractivity contribution is 0.0527. The van der Waals surface area contributed by atoms with Crippen LogP contribution in [0.1, 0.15) is 78.0 Å². The van der Waals surface area contributed by atoms with E-state index >= 15 is 0 Å². The van der Waals surface area contributed by atoms with E-state index in [9.17, 15) is 9.90 Å². The first-order valence-electron chi connectivity index (χ1n) is 12.6. The van der Waals surface area contributed by atoms with E-state index in [2.05, 4.69) is 56.6 Å². The fourth-order valence-electron chi connectivity index (χ4n) is 5.21. The number of aromatic nitrogens is 1. The van der Waals surface area contributed by atoms with Crippen molar-refractivity contribution in [1.29, 1.82) is 0 Å². The van der Waals surface area contributed by atoms with Gasteiger partial charge in [-0.15, -0.1) is 24.2 Å². The number of rotatable bonds is 9. The van der Waals surface area contributed by atoms with Crippen LogP contribution in [0.2, 0.25) is 0 Å². The molecule has 0 radical (unpaired) electrons. The topological polar surface area (TPSA) is 54.7 Å². The fraction of sp³-hybridized carbons (Fsp3) is 0.464. The average Bonchev–Trinajstić information content (AvgIpc) is 3.46. The Bertz CT molecular complexity index is 1220. The number of halogens is 2. The van der Waals surface area contributed by atoms with Crippen molar-refractivity contribution >= 4 is 57.0 Å². The minimum absolute atomic E-state index is 0. The first kappa shape index (κ1) is 27.4. The van der Waals surface area contributed by atoms with E-state index in [4.69, 9.17) is 4.74 Å². The SMILES string of the molecule is CCOC(=O)c1c(CSC(C)c2ccccc2)n(C2CC2)c2cc(Br)c(O)c(CN3CCCC3)c12.Cl. The third-order valence-electron chi connectivity index (χ3n) is 7.13. The molecule has 5 rings (SSSR count). The first-order valence-corrected chi connectivity index (χ1v) is 14.5. The molecule has 3 aromatic rings. The van der Waals surface area contributed by atoms with Gasteiger partial charge in [0.1, 0.15) is 5.75 Å². The van der Waals surface area contributed by atoms with Crippen molar-refractivity contribution in [1.82, 2.24) is 9.47 Å². The molecular weight excluding hydrogens is 560 g/mol. The zero-order valence-electron chi connectivity index (χ0n) is 20.8. The maximum Gasteiger partial charge on any atom is 0.340 e. The second-order valence-electron chi connectivity index (χ2n) is 9.57. The lowest BCUT2D eigenvalue weighted by atomic mass is 10.0. The molecule has 2 heterocycles. The Morgan fingerprint density at radius 2 is 1.92 bits per heavy atom. The molecule has 8 heteroatoms. The zero-order valence-corrected chi connectivity index (χ0v) is 24.1. The normalized spacial score (nSPS) is 16.8. The molecule has 1 aliphatic carbocycles. The van der Waals surface area contributed by atoms with Crippen LogP contribution in [0.25, 0.3) is 10.9 Å². The van der Waals surface area contributed by atoms with Gasteiger partial charge in [-0.25, -0.2) is 4.79 Å². The second kappa shape index (κ2) is 11.8. The Balaban J connectivity index is 0.00000304. The predicted octanol–water partition coefficient (Wildman–Crippen LogP) is 7.63. The molecule has 1 unspecified atom stereocenters. The van der Waals surface area contributed by atoms with Crippen molar-refractivity contribution in [2.45, 2.75) is 63.1 Å². The van der Waals surface area contributed by atoms with Crippen molar-refractivity contribution in [3.63, 3.8) is 0 Å². The molecule has 5 nitrogen and oxygen atoms in total. The monoisotopic (exact) mass is 592 g/mol. The molecular formula is C28H34BrClN2O3S. The molecule has 0 bridgehead atoms. The van der Waals surface area contributed by atoms with Crippen LogP contribution in [-0.2, 0) is 17.0 Å². The number of hydrogen-bond acceptors (Lipinski definition) is 5. The van der Waals surface area contributed by atoms with Crippen LogP contribution >= 0.6 is 40.1 Å². The predicted molar refractivity (Wildman–Crippen MR) is 153 cm³/mol. The first-order chi connectivity index (χ1) is 17.0. The number of ether oxygens (including phenoxy) is 1. The summed E-state index contributed by atoms with van der Waals surface area (Å²) in [4.78, 5) is 15.9. The summed E-state index contributed by atoms with van der Waals surface area (Å²) < 4.78 is 8.66. The summed E-state index contributed by atoms with van der Waals surface area (Å²) in [5, 5.41) is 12.3. The summed E-state index contributed by atoms with van der Waals surface area (Å²) in [5.74, 6) is 0.653. The molecule has 36 heavy (non-hydrogen) atoms. The summed E-state index contributed by atoms with van der Waals surface area (Å²) >= 11 is 5.45. The molecule has 1 aromatic heterocycles. The Hall–Kier alpha value is -1.67. The van der Waals surface area contributed by atoms with Gasteiger partial charge in [0.2, 0.25) is 0 Å². The van der Waals surface area contributed by atoms with Crippen LogP contribution in [0.3, 0.4) is 0 Å². The fourth-order valence-corrected chi connectivity index (χ4v) is 6.71. The third kappa shape index (κ3) is 5.45. The van der Waals surface area contributed by atoms with Gasteiger partial charge >= 0.3 is 5.97 Å². The Morgan fingerprint density at radius 1 is 1.22 bits per heavy atom. The summed E-state index contributed by atoms with van der Waals surface area (Å²) in [6, 6.07) is 12.9. The molecule has 0 spiro atoms. The number of thioether (sulfide) groups is 1. The molecule has 1 saturated carbocycles. The van der Waals surface area contributed by atoms with Crippen LogP contribution < -0.4 is 0 Å². The van der Waals surface area contributed by atoms with E-state index in [1.54, 1.807) is 0 Å². The number of esters is 1. The zero-order chi connectivity index (χ0) is 24.5. The van der Waals surface area contributed by atoms with Gasteiger partial charge in [0, 0.05) is 40.2 Å². The van der Waals surface area contributed by atoms with E-state index in [0.29, 0.717) is 40.2 Å². The highest BCUT2D eigenvalue weighted by molar-refractivity contribution is 9.10. The smallest absolute Gasteiger partial charge is 0.340 e. The van der Waals surface area contributed by atoms with Crippen LogP contribution in [0.4, 0.5) is 0 Å². The number of phenols is 1. The quantitative estimate of drug-likeness (QED) is 0.259. The van der Waals surface area contributed by atoms with Gasteiger partial charge in [-0.1, -0.05) is 30.3 Å². The number of carbonyl (C=O) groups is 1. The van der Waals surface area contributed by atoms with Crippen molar-refractivity contribution in [3.05, 3.63) is 63.3 Å². The highest BCUT2D eigenvalue weighted by atomic mass is 79.9. The number of fused-ring (bicyclic) bond motifs is 1. The second-order valence-corrected chi connectivity index (χ2v) is 11.8. The van der Waals surface area contributed by atoms with Crippen LogP contribution in [-0.4, -0.2) is 40.2 Å². The Morgan fingerprint density at radius 3 is 2.56 bits per heavy atom. The lowest BCUT2D eigenvalue weighted by Gasteiger charge is -2.18. The lowest BCUT2D eigenvalue weighted by Crippen LogP contribution is -2.19. The molecule has 2 aliphatic rings. The van der Waals surface area contributed by atoms with Crippen molar-refractivity contribution in [3.8, 4) is 5.75 Å². The molecule has 1 saturated heterocycles. The maximum atomic E-state index is 13.5. The maximum absolute atomic E-state index is 13.5. The molecule has 1 atom stereocenters. The largest absolute Gasteiger partial charge is 0.506 e. The van der Waals surface area contributed by atoms with Gasteiger partial charge in [-0.2, -0.15) is 0 Å².